The molecule has 13 nitrogen and oxygen atoms in total. The van der Waals surface area contributed by atoms with Crippen LogP contribution in [0.4, 0.5) is 0 Å². The number of amides is 5. The highest BCUT2D eigenvalue weighted by molar-refractivity contribution is 5.96. The minimum absolute atomic E-state index is 0.0903. The van der Waals surface area contributed by atoms with E-state index in [4.69, 9.17) is 5.73 Å². The third-order valence-electron chi connectivity index (χ3n) is 10.6. The summed E-state index contributed by atoms with van der Waals surface area (Å²) in [6, 6.07) is -5.21. The summed E-state index contributed by atoms with van der Waals surface area (Å²) >= 11 is 0. The molecule has 0 aromatic rings. The average molecular weight is 678 g/mol. The summed E-state index contributed by atoms with van der Waals surface area (Å²) in [5.74, 6) is -2.05. The molecule has 274 valence electrons. The predicted octanol–water partition coefficient (Wildman–Crippen LogP) is 1.02. The zero-order valence-electron chi connectivity index (χ0n) is 30.1. The van der Waals surface area contributed by atoms with E-state index in [-0.39, 0.29) is 30.3 Å². The fourth-order valence-corrected chi connectivity index (χ4v) is 7.52. The first-order valence-electron chi connectivity index (χ1n) is 18.4. The van der Waals surface area contributed by atoms with Crippen LogP contribution in [0.15, 0.2) is 0 Å². The van der Waals surface area contributed by atoms with Crippen molar-refractivity contribution in [1.29, 1.82) is 0 Å². The number of aliphatic hydroxyl groups is 1. The normalized spacial score (nSPS) is 31.1. The molecule has 0 aromatic carbocycles. The third kappa shape index (κ3) is 10.9. The fourth-order valence-electron chi connectivity index (χ4n) is 7.52. The second-order valence-corrected chi connectivity index (χ2v) is 14.9. The van der Waals surface area contributed by atoms with E-state index in [1.54, 1.807) is 7.05 Å². The summed E-state index contributed by atoms with van der Waals surface area (Å²) in [4.78, 5) is 73.0. The van der Waals surface area contributed by atoms with Gasteiger partial charge in [0.15, 0.2) is 0 Å². The molecule has 7 N–H and O–H groups in total. The van der Waals surface area contributed by atoms with Crippen LogP contribution in [0.25, 0.3) is 0 Å². The molecule has 2 aliphatic carbocycles. The van der Waals surface area contributed by atoms with Crippen LogP contribution in [-0.4, -0.2) is 113 Å². The molecule has 3 aliphatic rings. The van der Waals surface area contributed by atoms with Gasteiger partial charge in [0, 0.05) is 32.7 Å². The SMILES string of the molecule is CC[C@@H]1CN(CC2CCCC2)[C@@H](C)C(=O)N(C)[C@@H](CC(C)C)C(=O)NC(C2CCCCC2)C(=O)N[C@@H](CN)C(=O)N[C@@H]([C@H](C)O)C(=O)N1. The van der Waals surface area contributed by atoms with E-state index in [1.165, 1.54) is 11.8 Å². The van der Waals surface area contributed by atoms with Gasteiger partial charge in [-0.05, 0) is 70.1 Å². The summed E-state index contributed by atoms with van der Waals surface area (Å²) in [6.07, 6.45) is 8.47. The molecule has 3 fully saturated rings. The Bertz CT molecular complexity index is 1090. The van der Waals surface area contributed by atoms with Gasteiger partial charge < -0.3 is 37.0 Å². The highest BCUT2D eigenvalue weighted by Gasteiger charge is 2.39. The van der Waals surface area contributed by atoms with Gasteiger partial charge in [0.1, 0.15) is 24.2 Å². The van der Waals surface area contributed by atoms with Crippen LogP contribution in [0.2, 0.25) is 0 Å². The van der Waals surface area contributed by atoms with Crippen molar-refractivity contribution in [2.45, 2.75) is 148 Å². The van der Waals surface area contributed by atoms with Crippen LogP contribution in [0.1, 0.15) is 105 Å². The Hall–Kier alpha value is -2.77. The van der Waals surface area contributed by atoms with Crippen LogP contribution >= 0.6 is 0 Å². The maximum absolute atomic E-state index is 14.3. The summed E-state index contributed by atoms with van der Waals surface area (Å²) in [5.41, 5.74) is 5.96. The molecule has 0 bridgehead atoms. The van der Waals surface area contributed by atoms with E-state index in [1.807, 2.05) is 27.7 Å². The van der Waals surface area contributed by atoms with E-state index >= 15 is 0 Å². The van der Waals surface area contributed by atoms with Gasteiger partial charge >= 0.3 is 0 Å². The quantitative estimate of drug-likeness (QED) is 0.220. The van der Waals surface area contributed by atoms with Gasteiger partial charge in [-0.2, -0.15) is 0 Å². The molecular weight excluding hydrogens is 614 g/mol. The molecule has 13 heteroatoms. The number of carbonyl (C=O) groups is 5. The second-order valence-electron chi connectivity index (χ2n) is 14.9. The molecule has 5 amide bonds. The first-order chi connectivity index (χ1) is 22.8. The molecule has 7 atom stereocenters. The minimum atomic E-state index is -1.30. The zero-order valence-corrected chi connectivity index (χ0v) is 30.1. The first kappa shape index (κ1) is 39.7. The van der Waals surface area contributed by atoms with E-state index in [2.05, 4.69) is 26.2 Å². The molecular formula is C35H63N7O6. The zero-order chi connectivity index (χ0) is 35.5. The maximum Gasteiger partial charge on any atom is 0.245 e. The summed E-state index contributed by atoms with van der Waals surface area (Å²) in [6.45, 7) is 10.0. The Balaban J connectivity index is 2.06. The van der Waals surface area contributed by atoms with Gasteiger partial charge in [0.05, 0.1) is 12.1 Å². The van der Waals surface area contributed by atoms with E-state index in [9.17, 15) is 29.1 Å². The van der Waals surface area contributed by atoms with Gasteiger partial charge in [0.2, 0.25) is 29.5 Å². The van der Waals surface area contributed by atoms with Crippen LogP contribution in [0, 0.1) is 17.8 Å². The Morgan fingerprint density at radius 2 is 1.46 bits per heavy atom. The third-order valence-corrected chi connectivity index (χ3v) is 10.6. The van der Waals surface area contributed by atoms with E-state index in [0.717, 1.165) is 57.8 Å². The fraction of sp³-hybridized carbons (Fsp3) is 0.857. The standard InChI is InChI=1S/C35H63N7O6/c1-7-26-20-42(19-24-13-11-12-14-24)22(4)35(48)41(6)28(17-21(2)3)32(45)40-30(25-15-9-8-10-16-25)34(47)38-27(18-36)31(44)39-29(23(5)43)33(46)37-26/h21-30,43H,7-20,36H2,1-6H3,(H,37,46)(H,38,47)(H,39,44)(H,40,45)/t22-,23-,26+,27-,28-,29-,30?/m0/s1. The molecule has 1 heterocycles. The Labute approximate surface area is 287 Å². The van der Waals surface area contributed by atoms with Crippen LogP contribution in [-0.2, 0) is 24.0 Å². The highest BCUT2D eigenvalue weighted by atomic mass is 16.3. The van der Waals surface area contributed by atoms with Crippen molar-refractivity contribution >= 4 is 29.5 Å². The summed E-state index contributed by atoms with van der Waals surface area (Å²) in [7, 11) is 1.66. The lowest BCUT2D eigenvalue weighted by Crippen LogP contribution is -2.64. The smallest absolute Gasteiger partial charge is 0.245 e. The van der Waals surface area contributed by atoms with Crippen molar-refractivity contribution in [1.82, 2.24) is 31.1 Å². The summed E-state index contributed by atoms with van der Waals surface area (Å²) in [5, 5.41) is 21.9. The van der Waals surface area contributed by atoms with E-state index in [0.29, 0.717) is 31.8 Å². The molecule has 0 radical (unpaired) electrons. The molecule has 1 saturated heterocycles. The van der Waals surface area contributed by atoms with Gasteiger partial charge in [0.25, 0.3) is 0 Å². The minimum Gasteiger partial charge on any atom is -0.391 e. The Kier molecular flexibility index (Phi) is 15.6. The number of aliphatic hydroxyl groups excluding tert-OH is 1. The topological polar surface area (TPSA) is 186 Å². The largest absolute Gasteiger partial charge is 0.391 e. The number of rotatable bonds is 8. The number of nitrogens with two attached hydrogens (primary N) is 1. The first-order valence-corrected chi connectivity index (χ1v) is 18.4. The number of nitrogens with zero attached hydrogens (tertiary/aromatic N) is 2. The lowest BCUT2D eigenvalue weighted by molar-refractivity contribution is -0.145. The monoisotopic (exact) mass is 677 g/mol. The molecule has 0 spiro atoms. The molecule has 0 aromatic heterocycles. The highest BCUT2D eigenvalue weighted by Crippen LogP contribution is 2.28. The summed E-state index contributed by atoms with van der Waals surface area (Å²) < 4.78 is 0. The van der Waals surface area contributed by atoms with E-state index < -0.39 is 59.9 Å². The van der Waals surface area contributed by atoms with Crippen LogP contribution in [0.5, 0.6) is 0 Å². The van der Waals surface area contributed by atoms with Crippen molar-refractivity contribution < 1.29 is 29.1 Å². The average Bonchev–Trinajstić information content (AvgIpc) is 3.58. The van der Waals surface area contributed by atoms with Crippen molar-refractivity contribution in [2.75, 3.05) is 26.7 Å². The number of likely N-dealkylation sites (N-methyl/N-ethyl adjacent to an activating group) is 1. The molecule has 1 unspecified atom stereocenters. The number of carbonyl (C=O) groups excluding carboxylic acids is 5. The van der Waals surface area contributed by atoms with Crippen LogP contribution in [0.3, 0.4) is 0 Å². The number of hydrogen-bond acceptors (Lipinski definition) is 8. The molecule has 2 saturated carbocycles. The van der Waals surface area contributed by atoms with Gasteiger partial charge in [-0.3, -0.25) is 28.9 Å². The Morgan fingerprint density at radius 1 is 0.833 bits per heavy atom. The van der Waals surface area contributed by atoms with Crippen molar-refractivity contribution in [2.24, 2.45) is 23.5 Å². The van der Waals surface area contributed by atoms with Crippen molar-refractivity contribution in [3.05, 3.63) is 0 Å². The van der Waals surface area contributed by atoms with Crippen molar-refractivity contribution in [3.63, 3.8) is 0 Å². The number of hydrogen-bond donors (Lipinski definition) is 6. The number of nitrogens with one attached hydrogen (secondary N) is 4. The molecule has 48 heavy (non-hydrogen) atoms. The molecule has 3 rings (SSSR count). The van der Waals surface area contributed by atoms with Gasteiger partial charge in [-0.1, -0.05) is 52.9 Å². The van der Waals surface area contributed by atoms with Gasteiger partial charge in [-0.25, -0.2) is 0 Å². The Morgan fingerprint density at radius 3 is 2.02 bits per heavy atom. The molecule has 1 aliphatic heterocycles. The maximum atomic E-state index is 14.3. The lowest BCUT2D eigenvalue weighted by Gasteiger charge is -2.39. The van der Waals surface area contributed by atoms with Crippen LogP contribution < -0.4 is 27.0 Å². The predicted molar refractivity (Wildman–Crippen MR) is 184 cm³/mol. The van der Waals surface area contributed by atoms with Gasteiger partial charge in [-0.15, -0.1) is 0 Å². The lowest BCUT2D eigenvalue weighted by atomic mass is 9.83. The van der Waals surface area contributed by atoms with Crippen molar-refractivity contribution in [3.8, 4) is 0 Å². The second kappa shape index (κ2) is 18.8.